The second-order valence-electron chi connectivity index (χ2n) is 7.21. The van der Waals surface area contributed by atoms with Crippen LogP contribution in [0, 0.1) is 5.82 Å². The minimum atomic E-state index is -0.666. The van der Waals surface area contributed by atoms with Crippen LogP contribution in [0.4, 0.5) is 9.18 Å². The Kier molecular flexibility index (Phi) is 7.99. The molecule has 7 nitrogen and oxygen atoms in total. The molecule has 10 heteroatoms. The number of nitrogens with zero attached hydrogens (tertiary/aromatic N) is 1. The van der Waals surface area contributed by atoms with E-state index in [9.17, 15) is 18.8 Å². The molecular weight excluding hydrogens is 473 g/mol. The standard InChI is InChI=1S/C23H21ClFNO6S/c1-13(2)32-21(27)11-26-22(28)20(33-23(26)29)10-14-7-8-18(30-3)19(9-14)31-12-15-16(24)5-4-6-17(15)25/h4-10,13H,11-12H2,1-3H3/b20-10-. The van der Waals surface area contributed by atoms with Gasteiger partial charge in [0.2, 0.25) is 0 Å². The van der Waals surface area contributed by atoms with Gasteiger partial charge in [0.15, 0.2) is 11.5 Å². The lowest BCUT2D eigenvalue weighted by molar-refractivity contribution is -0.149. The molecule has 174 valence electrons. The highest BCUT2D eigenvalue weighted by Gasteiger charge is 2.36. The van der Waals surface area contributed by atoms with Crippen molar-refractivity contribution in [2.24, 2.45) is 0 Å². The minimum Gasteiger partial charge on any atom is -0.493 e. The molecule has 1 aliphatic rings. The molecule has 0 aliphatic carbocycles. The Labute approximate surface area is 199 Å². The first-order valence-corrected chi connectivity index (χ1v) is 11.1. The van der Waals surface area contributed by atoms with Crippen LogP contribution in [0.25, 0.3) is 6.08 Å². The van der Waals surface area contributed by atoms with Gasteiger partial charge in [-0.05, 0) is 61.5 Å². The summed E-state index contributed by atoms with van der Waals surface area (Å²) in [6.07, 6.45) is 1.14. The summed E-state index contributed by atoms with van der Waals surface area (Å²) >= 11 is 6.77. The smallest absolute Gasteiger partial charge is 0.326 e. The summed E-state index contributed by atoms with van der Waals surface area (Å²) in [6.45, 7) is 2.75. The molecule has 0 saturated carbocycles. The molecule has 1 heterocycles. The number of esters is 1. The van der Waals surface area contributed by atoms with Gasteiger partial charge in [-0.25, -0.2) is 4.39 Å². The van der Waals surface area contributed by atoms with Crippen LogP contribution in [0.3, 0.4) is 0 Å². The molecule has 0 radical (unpaired) electrons. The Morgan fingerprint density at radius 1 is 1.21 bits per heavy atom. The van der Waals surface area contributed by atoms with Crippen LogP contribution in [0.1, 0.15) is 25.0 Å². The second kappa shape index (κ2) is 10.7. The normalized spacial score (nSPS) is 14.8. The molecule has 33 heavy (non-hydrogen) atoms. The zero-order chi connectivity index (χ0) is 24.1. The van der Waals surface area contributed by atoms with Gasteiger partial charge in [-0.3, -0.25) is 19.3 Å². The van der Waals surface area contributed by atoms with Crippen LogP contribution in [0.2, 0.25) is 5.02 Å². The molecular formula is C23H21ClFNO6S. The number of carbonyl (C=O) groups is 3. The van der Waals surface area contributed by atoms with Gasteiger partial charge < -0.3 is 14.2 Å². The Morgan fingerprint density at radius 2 is 1.97 bits per heavy atom. The van der Waals surface area contributed by atoms with E-state index >= 15 is 0 Å². The predicted molar refractivity (Wildman–Crippen MR) is 123 cm³/mol. The average molecular weight is 494 g/mol. The van der Waals surface area contributed by atoms with Crippen molar-refractivity contribution in [1.29, 1.82) is 0 Å². The summed E-state index contributed by atoms with van der Waals surface area (Å²) in [5, 5.41) is -0.332. The zero-order valence-electron chi connectivity index (χ0n) is 18.1. The maximum absolute atomic E-state index is 14.0. The van der Waals surface area contributed by atoms with E-state index < -0.39 is 29.5 Å². The van der Waals surface area contributed by atoms with E-state index in [1.54, 1.807) is 38.1 Å². The van der Waals surface area contributed by atoms with Gasteiger partial charge in [-0.15, -0.1) is 0 Å². The molecule has 2 aromatic carbocycles. The maximum atomic E-state index is 14.0. The van der Waals surface area contributed by atoms with Crippen LogP contribution >= 0.6 is 23.4 Å². The molecule has 2 amide bonds. The molecule has 1 fully saturated rings. The molecule has 3 rings (SSSR count). The topological polar surface area (TPSA) is 82.1 Å². The van der Waals surface area contributed by atoms with Crippen LogP contribution in [-0.2, 0) is 20.9 Å². The molecule has 0 spiro atoms. The van der Waals surface area contributed by atoms with Crippen molar-refractivity contribution in [1.82, 2.24) is 4.90 Å². The molecule has 0 bridgehead atoms. The Bertz CT molecular complexity index is 1100. The van der Waals surface area contributed by atoms with E-state index in [0.29, 0.717) is 17.1 Å². The van der Waals surface area contributed by atoms with Crippen molar-refractivity contribution in [2.75, 3.05) is 13.7 Å². The first-order valence-electron chi connectivity index (χ1n) is 9.88. The van der Waals surface area contributed by atoms with E-state index in [1.165, 1.54) is 25.3 Å². The summed E-state index contributed by atoms with van der Waals surface area (Å²) in [7, 11) is 1.46. The molecule has 0 atom stereocenters. The SMILES string of the molecule is COc1ccc(/C=C2\SC(=O)N(CC(=O)OC(C)C)C2=O)cc1OCc1c(F)cccc1Cl. The fourth-order valence-electron chi connectivity index (χ4n) is 2.93. The molecule has 2 aromatic rings. The fraction of sp³-hybridized carbons (Fsp3) is 0.261. The number of methoxy groups -OCH3 is 1. The number of hydrogen-bond donors (Lipinski definition) is 0. The number of thioether (sulfide) groups is 1. The van der Waals surface area contributed by atoms with Crippen molar-refractivity contribution in [3.63, 3.8) is 0 Å². The number of rotatable bonds is 8. The highest BCUT2D eigenvalue weighted by Crippen LogP contribution is 2.35. The molecule has 0 aromatic heterocycles. The third kappa shape index (κ3) is 6.06. The summed E-state index contributed by atoms with van der Waals surface area (Å²) in [6, 6.07) is 9.22. The lowest BCUT2D eigenvalue weighted by Crippen LogP contribution is -2.35. The van der Waals surface area contributed by atoms with Gasteiger partial charge in [-0.2, -0.15) is 0 Å². The van der Waals surface area contributed by atoms with Crippen LogP contribution in [0.5, 0.6) is 11.5 Å². The number of carbonyl (C=O) groups excluding carboxylic acids is 3. The predicted octanol–water partition coefficient (Wildman–Crippen LogP) is 5.05. The van der Waals surface area contributed by atoms with Gasteiger partial charge in [0.1, 0.15) is 19.0 Å². The summed E-state index contributed by atoms with van der Waals surface area (Å²) in [5.41, 5.74) is 0.738. The third-order valence-corrected chi connectivity index (χ3v) is 5.71. The summed E-state index contributed by atoms with van der Waals surface area (Å²) in [4.78, 5) is 37.7. The van der Waals surface area contributed by atoms with E-state index in [4.69, 9.17) is 25.8 Å². The number of imide groups is 1. The molecule has 0 unspecified atom stereocenters. The Hall–Kier alpha value is -3.04. The van der Waals surface area contributed by atoms with Crippen LogP contribution in [0.15, 0.2) is 41.3 Å². The Morgan fingerprint density at radius 3 is 2.64 bits per heavy atom. The lowest BCUT2D eigenvalue weighted by Gasteiger charge is -2.13. The first kappa shape index (κ1) is 24.6. The second-order valence-corrected chi connectivity index (χ2v) is 8.61. The fourth-order valence-corrected chi connectivity index (χ4v) is 3.99. The minimum absolute atomic E-state index is 0.139. The lowest BCUT2D eigenvalue weighted by atomic mass is 10.1. The van der Waals surface area contributed by atoms with Gasteiger partial charge in [0, 0.05) is 5.56 Å². The van der Waals surface area contributed by atoms with Crippen molar-refractivity contribution >= 4 is 46.6 Å². The van der Waals surface area contributed by atoms with Crippen LogP contribution in [-0.4, -0.2) is 41.8 Å². The van der Waals surface area contributed by atoms with Gasteiger partial charge in [0.25, 0.3) is 11.1 Å². The highest BCUT2D eigenvalue weighted by molar-refractivity contribution is 8.18. The van der Waals surface area contributed by atoms with Crippen molar-refractivity contribution in [2.45, 2.75) is 26.6 Å². The number of hydrogen-bond acceptors (Lipinski definition) is 7. The van der Waals surface area contributed by atoms with E-state index in [0.717, 1.165) is 16.7 Å². The Balaban J connectivity index is 1.79. The molecule has 1 aliphatic heterocycles. The quantitative estimate of drug-likeness (QED) is 0.375. The zero-order valence-corrected chi connectivity index (χ0v) is 19.7. The average Bonchev–Trinajstić information content (AvgIpc) is 3.00. The summed E-state index contributed by atoms with van der Waals surface area (Å²) < 4.78 is 30.1. The number of benzene rings is 2. The number of halogens is 2. The largest absolute Gasteiger partial charge is 0.493 e. The number of ether oxygens (including phenoxy) is 3. The van der Waals surface area contributed by atoms with E-state index in [-0.39, 0.29) is 28.2 Å². The van der Waals surface area contributed by atoms with Gasteiger partial charge >= 0.3 is 5.97 Å². The number of amides is 2. The van der Waals surface area contributed by atoms with Crippen molar-refractivity contribution in [3.8, 4) is 11.5 Å². The third-order valence-electron chi connectivity index (χ3n) is 4.45. The molecule has 0 N–H and O–H groups in total. The monoisotopic (exact) mass is 493 g/mol. The highest BCUT2D eigenvalue weighted by atomic mass is 35.5. The van der Waals surface area contributed by atoms with Crippen molar-refractivity contribution in [3.05, 3.63) is 63.3 Å². The van der Waals surface area contributed by atoms with Gasteiger partial charge in [-0.1, -0.05) is 23.7 Å². The van der Waals surface area contributed by atoms with Gasteiger partial charge in [0.05, 0.1) is 23.1 Å². The van der Waals surface area contributed by atoms with E-state index in [1.807, 2.05) is 0 Å². The molecule has 1 saturated heterocycles. The van der Waals surface area contributed by atoms with E-state index in [2.05, 4.69) is 0 Å². The van der Waals surface area contributed by atoms with Crippen LogP contribution < -0.4 is 9.47 Å². The first-order chi connectivity index (χ1) is 15.7. The van der Waals surface area contributed by atoms with Crippen molar-refractivity contribution < 1.29 is 33.0 Å². The summed E-state index contributed by atoms with van der Waals surface area (Å²) in [5.74, 6) is -1.07. The maximum Gasteiger partial charge on any atom is 0.326 e.